The molecule has 2 N–H and O–H groups in total. The fourth-order valence-electron chi connectivity index (χ4n) is 3.58. The number of rotatable bonds is 3. The van der Waals surface area contributed by atoms with E-state index in [9.17, 15) is 14.7 Å². The summed E-state index contributed by atoms with van der Waals surface area (Å²) < 4.78 is 0. The highest BCUT2D eigenvalue weighted by Crippen LogP contribution is 2.48. The molecule has 2 amide bonds. The van der Waals surface area contributed by atoms with Crippen LogP contribution in [0.1, 0.15) is 43.9 Å². The normalized spacial score (nSPS) is 27.2. The van der Waals surface area contributed by atoms with Crippen LogP contribution >= 0.6 is 11.3 Å². The van der Waals surface area contributed by atoms with E-state index in [-0.39, 0.29) is 11.9 Å². The summed E-state index contributed by atoms with van der Waals surface area (Å²) >= 11 is 1.47. The van der Waals surface area contributed by atoms with Crippen LogP contribution in [-0.4, -0.2) is 40.1 Å². The van der Waals surface area contributed by atoms with Crippen molar-refractivity contribution in [1.29, 1.82) is 0 Å². The van der Waals surface area contributed by atoms with Crippen molar-refractivity contribution in [2.45, 2.75) is 39.0 Å². The molecule has 1 aliphatic heterocycles. The Morgan fingerprint density at radius 2 is 2.32 bits per heavy atom. The number of fused-ring (bicyclic) bond motifs is 1. The van der Waals surface area contributed by atoms with Crippen LogP contribution in [0.25, 0.3) is 0 Å². The number of carboxylic acids is 1. The lowest BCUT2D eigenvalue weighted by Crippen LogP contribution is -2.38. The van der Waals surface area contributed by atoms with Gasteiger partial charge in [-0.3, -0.25) is 10.1 Å². The number of carbonyl (C=O) groups excluding carboxylic acids is 1. The first-order valence-corrected chi connectivity index (χ1v) is 8.49. The van der Waals surface area contributed by atoms with E-state index in [0.717, 1.165) is 17.7 Å². The van der Waals surface area contributed by atoms with E-state index in [2.05, 4.69) is 24.1 Å². The Labute approximate surface area is 133 Å². The molecule has 2 aliphatic rings. The lowest BCUT2D eigenvalue weighted by Gasteiger charge is -2.23. The van der Waals surface area contributed by atoms with E-state index in [1.165, 1.54) is 11.3 Å². The number of urea groups is 1. The van der Waals surface area contributed by atoms with E-state index in [4.69, 9.17) is 0 Å². The zero-order valence-corrected chi connectivity index (χ0v) is 13.7. The van der Waals surface area contributed by atoms with Gasteiger partial charge in [-0.05, 0) is 24.7 Å². The molecule has 0 aromatic carbocycles. The Morgan fingerprint density at radius 3 is 2.91 bits per heavy atom. The molecule has 6 nitrogen and oxygen atoms in total. The van der Waals surface area contributed by atoms with E-state index in [1.54, 1.807) is 11.1 Å². The van der Waals surface area contributed by atoms with Crippen molar-refractivity contribution in [2.75, 3.05) is 18.4 Å². The molecule has 0 spiro atoms. The number of carbonyl (C=O) groups is 2. The number of hydrogen-bond acceptors (Lipinski definition) is 4. The third-order valence-electron chi connectivity index (χ3n) is 4.89. The Balaban J connectivity index is 1.67. The average molecular weight is 323 g/mol. The highest BCUT2D eigenvalue weighted by atomic mass is 32.1. The standard InChI is InChI=1S/C15H21N3O3S/c1-9(2)11-6-16-13(22-11)17-14(21)18-7-10-4-3-5-15(10,8-18)12(19)20/h6,9-10H,3-5,7-8H2,1-2H3,(H,19,20)(H,16,17,21)/t10-,15+/m0/s1. The number of carboxylic acid groups (broad SMARTS) is 1. The van der Waals surface area contributed by atoms with Crippen LogP contribution < -0.4 is 5.32 Å². The molecule has 1 aromatic rings. The van der Waals surface area contributed by atoms with Crippen LogP contribution in [0.4, 0.5) is 9.93 Å². The minimum atomic E-state index is -0.762. The fraction of sp³-hybridized carbons (Fsp3) is 0.667. The molecule has 0 radical (unpaired) electrons. The second kappa shape index (κ2) is 5.53. The molecular weight excluding hydrogens is 302 g/mol. The smallest absolute Gasteiger partial charge is 0.323 e. The quantitative estimate of drug-likeness (QED) is 0.896. The summed E-state index contributed by atoms with van der Waals surface area (Å²) in [5, 5.41) is 12.9. The predicted molar refractivity (Wildman–Crippen MR) is 84.2 cm³/mol. The molecule has 1 saturated heterocycles. The van der Waals surface area contributed by atoms with Gasteiger partial charge in [0.25, 0.3) is 0 Å². The van der Waals surface area contributed by atoms with Crippen LogP contribution in [0.2, 0.25) is 0 Å². The van der Waals surface area contributed by atoms with Crippen LogP contribution in [0.3, 0.4) is 0 Å². The molecule has 1 aromatic heterocycles. The molecule has 0 unspecified atom stereocenters. The van der Waals surface area contributed by atoms with Gasteiger partial charge in [0.2, 0.25) is 0 Å². The second-order valence-electron chi connectivity index (χ2n) is 6.58. The maximum atomic E-state index is 12.4. The zero-order chi connectivity index (χ0) is 15.9. The summed E-state index contributed by atoms with van der Waals surface area (Å²) in [4.78, 5) is 31.0. The summed E-state index contributed by atoms with van der Waals surface area (Å²) in [7, 11) is 0. The molecule has 2 atom stereocenters. The summed E-state index contributed by atoms with van der Waals surface area (Å²) in [5.41, 5.74) is -0.733. The molecule has 22 heavy (non-hydrogen) atoms. The monoisotopic (exact) mass is 323 g/mol. The van der Waals surface area contributed by atoms with Crippen LogP contribution in [-0.2, 0) is 4.79 Å². The maximum absolute atomic E-state index is 12.4. The maximum Gasteiger partial charge on any atom is 0.323 e. The Morgan fingerprint density at radius 1 is 1.55 bits per heavy atom. The van der Waals surface area contributed by atoms with Crippen molar-refractivity contribution in [3.05, 3.63) is 11.1 Å². The van der Waals surface area contributed by atoms with E-state index < -0.39 is 11.4 Å². The third-order valence-corrected chi connectivity index (χ3v) is 6.10. The second-order valence-corrected chi connectivity index (χ2v) is 7.65. The summed E-state index contributed by atoms with van der Waals surface area (Å²) in [6.07, 6.45) is 4.29. The largest absolute Gasteiger partial charge is 0.481 e. The molecule has 120 valence electrons. The van der Waals surface area contributed by atoms with Gasteiger partial charge in [0.1, 0.15) is 0 Å². The number of hydrogen-bond donors (Lipinski definition) is 2. The molecule has 2 fully saturated rings. The number of aromatic nitrogens is 1. The molecule has 3 rings (SSSR count). The van der Waals surface area contributed by atoms with Gasteiger partial charge in [0.15, 0.2) is 5.13 Å². The van der Waals surface area contributed by atoms with Crippen molar-refractivity contribution in [3.8, 4) is 0 Å². The summed E-state index contributed by atoms with van der Waals surface area (Å²) in [6.45, 7) is 5.00. The number of nitrogens with zero attached hydrogens (tertiary/aromatic N) is 2. The van der Waals surface area contributed by atoms with Crippen LogP contribution in [0.15, 0.2) is 6.20 Å². The lowest BCUT2D eigenvalue weighted by molar-refractivity contribution is -0.149. The zero-order valence-electron chi connectivity index (χ0n) is 12.8. The number of amides is 2. The number of nitrogens with one attached hydrogen (secondary N) is 1. The fourth-order valence-corrected chi connectivity index (χ4v) is 4.38. The van der Waals surface area contributed by atoms with Gasteiger partial charge in [0.05, 0.1) is 5.41 Å². The van der Waals surface area contributed by atoms with Gasteiger partial charge in [-0.1, -0.05) is 20.3 Å². The number of aliphatic carboxylic acids is 1. The summed E-state index contributed by atoms with van der Waals surface area (Å²) in [6, 6.07) is -0.236. The highest BCUT2D eigenvalue weighted by Gasteiger charge is 2.55. The lowest BCUT2D eigenvalue weighted by atomic mass is 9.81. The molecule has 7 heteroatoms. The van der Waals surface area contributed by atoms with Gasteiger partial charge < -0.3 is 10.0 Å². The van der Waals surface area contributed by atoms with Crippen molar-refractivity contribution < 1.29 is 14.7 Å². The third kappa shape index (κ3) is 2.47. The molecule has 2 heterocycles. The van der Waals surface area contributed by atoms with Crippen molar-refractivity contribution in [2.24, 2.45) is 11.3 Å². The van der Waals surface area contributed by atoms with Crippen LogP contribution in [0.5, 0.6) is 0 Å². The van der Waals surface area contributed by atoms with Crippen LogP contribution in [0, 0.1) is 11.3 Å². The van der Waals surface area contributed by atoms with Gasteiger partial charge in [-0.25, -0.2) is 9.78 Å². The first-order chi connectivity index (χ1) is 10.4. The first kappa shape index (κ1) is 15.3. The minimum absolute atomic E-state index is 0.0817. The highest BCUT2D eigenvalue weighted by molar-refractivity contribution is 7.15. The average Bonchev–Trinajstić information content (AvgIpc) is 3.10. The number of likely N-dealkylation sites (tertiary alicyclic amines) is 1. The van der Waals surface area contributed by atoms with E-state index in [0.29, 0.717) is 30.6 Å². The van der Waals surface area contributed by atoms with E-state index in [1.807, 2.05) is 0 Å². The Hall–Kier alpha value is -1.63. The van der Waals surface area contributed by atoms with Crippen molar-refractivity contribution in [3.63, 3.8) is 0 Å². The molecule has 1 saturated carbocycles. The molecule has 1 aliphatic carbocycles. The predicted octanol–water partition coefficient (Wildman–Crippen LogP) is 2.99. The SMILES string of the molecule is CC(C)c1cnc(NC(=O)N2C[C@@H]3CCC[C@@]3(C(=O)O)C2)s1. The van der Waals surface area contributed by atoms with Gasteiger partial charge in [0, 0.05) is 24.2 Å². The Bertz CT molecular complexity index is 601. The summed E-state index contributed by atoms with van der Waals surface area (Å²) in [5.74, 6) is -0.301. The first-order valence-electron chi connectivity index (χ1n) is 7.67. The minimum Gasteiger partial charge on any atom is -0.481 e. The van der Waals surface area contributed by atoms with Gasteiger partial charge in [-0.15, -0.1) is 11.3 Å². The van der Waals surface area contributed by atoms with Crippen molar-refractivity contribution in [1.82, 2.24) is 9.88 Å². The van der Waals surface area contributed by atoms with Crippen molar-refractivity contribution >= 4 is 28.5 Å². The van der Waals surface area contributed by atoms with Gasteiger partial charge >= 0.3 is 12.0 Å². The molecular formula is C15H21N3O3S. The molecule has 0 bridgehead atoms. The van der Waals surface area contributed by atoms with Gasteiger partial charge in [-0.2, -0.15) is 0 Å². The number of anilines is 1. The Kier molecular flexibility index (Phi) is 3.84. The number of thiazole rings is 1. The van der Waals surface area contributed by atoms with E-state index >= 15 is 0 Å². The topological polar surface area (TPSA) is 82.5 Å².